The minimum atomic E-state index is -1.17. The molecule has 0 aliphatic heterocycles. The zero-order valence-electron chi connectivity index (χ0n) is 9.77. The maximum Gasteiger partial charge on any atom is 0.325 e. The first-order valence-electron chi connectivity index (χ1n) is 5.38. The van der Waals surface area contributed by atoms with Gasteiger partial charge in [-0.3, -0.25) is 14.4 Å². The predicted octanol–water partition coefficient (Wildman–Crippen LogP) is -0.752. The number of hydrogen-bond acceptors (Lipinski definition) is 5. The van der Waals surface area contributed by atoms with E-state index in [-0.39, 0.29) is 6.54 Å². The third-order valence-electron chi connectivity index (χ3n) is 1.90. The van der Waals surface area contributed by atoms with Crippen molar-refractivity contribution in [3.8, 4) is 0 Å². The van der Waals surface area contributed by atoms with Crippen molar-refractivity contribution in [1.29, 1.82) is 0 Å². The van der Waals surface area contributed by atoms with E-state index in [0.717, 1.165) is 12.8 Å². The van der Waals surface area contributed by atoms with Gasteiger partial charge in [0.1, 0.15) is 6.54 Å². The van der Waals surface area contributed by atoms with E-state index in [2.05, 4.69) is 5.32 Å². The lowest BCUT2D eigenvalue weighted by molar-refractivity contribution is -0.144. The van der Waals surface area contributed by atoms with Crippen LogP contribution in [0.4, 0.5) is 0 Å². The molecule has 17 heavy (non-hydrogen) atoms. The van der Waals surface area contributed by atoms with Crippen LogP contribution in [-0.2, 0) is 19.1 Å². The second kappa shape index (κ2) is 8.51. The number of aliphatic carboxylic acids is 1. The molecule has 0 saturated heterocycles. The highest BCUT2D eigenvalue weighted by molar-refractivity contribution is 5.88. The van der Waals surface area contributed by atoms with E-state index in [9.17, 15) is 14.4 Å². The van der Waals surface area contributed by atoms with E-state index in [1.807, 2.05) is 6.92 Å². The number of nitrogens with two attached hydrogens (primary N) is 1. The first kappa shape index (κ1) is 15.4. The topological polar surface area (TPSA) is 119 Å². The van der Waals surface area contributed by atoms with Gasteiger partial charge in [-0.25, -0.2) is 0 Å². The van der Waals surface area contributed by atoms with Gasteiger partial charge in [-0.05, 0) is 6.42 Å². The molecule has 0 saturated carbocycles. The van der Waals surface area contributed by atoms with Gasteiger partial charge in [-0.2, -0.15) is 0 Å². The maximum atomic E-state index is 11.2. The van der Waals surface area contributed by atoms with E-state index in [4.69, 9.17) is 15.6 Å². The summed E-state index contributed by atoms with van der Waals surface area (Å²) >= 11 is 0. The van der Waals surface area contributed by atoms with E-state index in [1.165, 1.54) is 0 Å². The third-order valence-corrected chi connectivity index (χ3v) is 1.90. The van der Waals surface area contributed by atoms with Crippen LogP contribution >= 0.6 is 0 Å². The Labute approximate surface area is 99.3 Å². The Morgan fingerprint density at radius 2 is 2.06 bits per heavy atom. The van der Waals surface area contributed by atoms with Crippen molar-refractivity contribution < 1.29 is 24.2 Å². The van der Waals surface area contributed by atoms with Crippen molar-refractivity contribution in [2.45, 2.75) is 32.2 Å². The molecule has 0 rings (SSSR count). The standard InChI is InChI=1S/C10H18N2O5/c1-2-3-4-17-9(15)6-12-10(16)7(11)5-8(13)14/h7H,2-6,11H2,1H3,(H,12,16)(H,13,14)/t7-/m0/s1. The fraction of sp³-hybridized carbons (Fsp3) is 0.700. The summed E-state index contributed by atoms with van der Waals surface area (Å²) in [6.45, 7) is 1.97. The molecule has 0 aromatic heterocycles. The second-order valence-electron chi connectivity index (χ2n) is 3.50. The lowest BCUT2D eigenvalue weighted by Gasteiger charge is -2.09. The van der Waals surface area contributed by atoms with Crippen LogP contribution in [-0.4, -0.2) is 42.1 Å². The summed E-state index contributed by atoms with van der Waals surface area (Å²) < 4.78 is 4.78. The Balaban J connectivity index is 3.75. The molecule has 4 N–H and O–H groups in total. The van der Waals surface area contributed by atoms with Crippen LogP contribution < -0.4 is 11.1 Å². The fourth-order valence-corrected chi connectivity index (χ4v) is 0.953. The van der Waals surface area contributed by atoms with Gasteiger partial charge in [0.15, 0.2) is 0 Å². The number of unbranched alkanes of at least 4 members (excludes halogenated alkanes) is 1. The molecule has 0 aliphatic carbocycles. The van der Waals surface area contributed by atoms with Gasteiger partial charge >= 0.3 is 11.9 Å². The van der Waals surface area contributed by atoms with Gasteiger partial charge in [0.05, 0.1) is 19.1 Å². The SMILES string of the molecule is CCCCOC(=O)CNC(=O)[C@@H](N)CC(=O)O. The molecule has 98 valence electrons. The maximum absolute atomic E-state index is 11.2. The zero-order valence-corrected chi connectivity index (χ0v) is 9.77. The van der Waals surface area contributed by atoms with Crippen LogP contribution in [0.1, 0.15) is 26.2 Å². The summed E-state index contributed by atoms with van der Waals surface area (Å²) in [6.07, 6.45) is 1.19. The van der Waals surface area contributed by atoms with E-state index < -0.39 is 30.3 Å². The Morgan fingerprint density at radius 1 is 1.41 bits per heavy atom. The Bertz CT molecular complexity index is 280. The van der Waals surface area contributed by atoms with Gasteiger partial charge in [-0.15, -0.1) is 0 Å². The molecule has 1 amide bonds. The lowest BCUT2D eigenvalue weighted by Crippen LogP contribution is -2.44. The highest BCUT2D eigenvalue weighted by atomic mass is 16.5. The van der Waals surface area contributed by atoms with Crippen molar-refractivity contribution in [3.05, 3.63) is 0 Å². The Morgan fingerprint density at radius 3 is 2.59 bits per heavy atom. The number of hydrogen-bond donors (Lipinski definition) is 3. The zero-order chi connectivity index (χ0) is 13.3. The Hall–Kier alpha value is -1.63. The van der Waals surface area contributed by atoms with E-state index in [0.29, 0.717) is 6.61 Å². The summed E-state index contributed by atoms with van der Waals surface area (Å²) in [4.78, 5) is 32.6. The van der Waals surface area contributed by atoms with Crippen LogP contribution in [0.3, 0.4) is 0 Å². The van der Waals surface area contributed by atoms with Gasteiger partial charge < -0.3 is 20.9 Å². The lowest BCUT2D eigenvalue weighted by atomic mass is 10.2. The van der Waals surface area contributed by atoms with Gasteiger partial charge in [-0.1, -0.05) is 13.3 Å². The quantitative estimate of drug-likeness (QED) is 0.383. The smallest absolute Gasteiger partial charge is 0.325 e. The fourth-order valence-electron chi connectivity index (χ4n) is 0.953. The van der Waals surface area contributed by atoms with Crippen LogP contribution in [0.25, 0.3) is 0 Å². The van der Waals surface area contributed by atoms with Gasteiger partial charge in [0, 0.05) is 0 Å². The molecule has 0 aromatic carbocycles. The summed E-state index contributed by atoms with van der Waals surface area (Å²) in [5, 5.41) is 10.6. The number of amides is 1. The number of carboxylic acids is 1. The molecule has 0 aromatic rings. The number of carbonyl (C=O) groups excluding carboxylic acids is 2. The molecule has 0 heterocycles. The first-order valence-corrected chi connectivity index (χ1v) is 5.38. The molecular formula is C10H18N2O5. The molecule has 0 bridgehead atoms. The Kier molecular flexibility index (Phi) is 7.70. The highest BCUT2D eigenvalue weighted by Crippen LogP contribution is 1.90. The van der Waals surface area contributed by atoms with Crippen molar-refractivity contribution in [3.63, 3.8) is 0 Å². The monoisotopic (exact) mass is 246 g/mol. The van der Waals surface area contributed by atoms with E-state index in [1.54, 1.807) is 0 Å². The third kappa shape index (κ3) is 8.21. The van der Waals surface area contributed by atoms with Gasteiger partial charge in [0.25, 0.3) is 0 Å². The molecule has 7 heteroatoms. The summed E-state index contributed by atoms with van der Waals surface area (Å²) in [6, 6.07) is -1.16. The summed E-state index contributed by atoms with van der Waals surface area (Å²) in [5.41, 5.74) is 5.28. The predicted molar refractivity (Wildman–Crippen MR) is 59.1 cm³/mol. The average molecular weight is 246 g/mol. The van der Waals surface area contributed by atoms with Crippen molar-refractivity contribution in [1.82, 2.24) is 5.32 Å². The average Bonchev–Trinajstić information content (AvgIpc) is 2.25. The number of carboxylic acid groups (broad SMARTS) is 1. The highest BCUT2D eigenvalue weighted by Gasteiger charge is 2.17. The molecule has 0 spiro atoms. The van der Waals surface area contributed by atoms with Gasteiger partial charge in [0.2, 0.25) is 5.91 Å². The van der Waals surface area contributed by atoms with Crippen molar-refractivity contribution >= 4 is 17.8 Å². The minimum Gasteiger partial charge on any atom is -0.481 e. The molecular weight excluding hydrogens is 228 g/mol. The van der Waals surface area contributed by atoms with Crippen LogP contribution in [0.2, 0.25) is 0 Å². The molecule has 0 radical (unpaired) electrons. The number of ether oxygens (including phenoxy) is 1. The summed E-state index contributed by atoms with van der Waals surface area (Å²) in [7, 11) is 0. The van der Waals surface area contributed by atoms with Crippen LogP contribution in [0.15, 0.2) is 0 Å². The number of carbonyl (C=O) groups is 3. The summed E-state index contributed by atoms with van der Waals surface area (Å²) in [5.74, 6) is -2.41. The molecule has 0 aliphatic rings. The van der Waals surface area contributed by atoms with Crippen molar-refractivity contribution in [2.75, 3.05) is 13.2 Å². The molecule has 1 atom stereocenters. The molecule has 7 nitrogen and oxygen atoms in total. The largest absolute Gasteiger partial charge is 0.481 e. The van der Waals surface area contributed by atoms with Crippen LogP contribution in [0, 0.1) is 0 Å². The van der Waals surface area contributed by atoms with Crippen molar-refractivity contribution in [2.24, 2.45) is 5.73 Å². The van der Waals surface area contributed by atoms with Crippen LogP contribution in [0.5, 0.6) is 0 Å². The molecule has 0 unspecified atom stereocenters. The second-order valence-corrected chi connectivity index (χ2v) is 3.50. The first-order chi connectivity index (χ1) is 7.97. The number of rotatable bonds is 8. The minimum absolute atomic E-state index is 0.296. The number of nitrogens with one attached hydrogen (secondary N) is 1. The molecule has 0 fully saturated rings. The van der Waals surface area contributed by atoms with E-state index >= 15 is 0 Å². The number of esters is 1. The normalized spacial score (nSPS) is 11.6.